The predicted molar refractivity (Wildman–Crippen MR) is 212 cm³/mol. The molecule has 0 radical (unpaired) electrons. The number of carbonyl (C=O) groups is 2. The molecular formula is C42H72O6Si2. The molecule has 0 aromatic carbocycles. The van der Waals surface area contributed by atoms with Gasteiger partial charge in [0.25, 0.3) is 0 Å². The van der Waals surface area contributed by atoms with Gasteiger partial charge in [0.1, 0.15) is 0 Å². The van der Waals surface area contributed by atoms with Crippen molar-refractivity contribution in [3.63, 3.8) is 0 Å². The molecule has 0 heterocycles. The van der Waals surface area contributed by atoms with Crippen LogP contribution in [-0.4, -0.2) is 53.0 Å². The molecule has 6 atom stereocenters. The lowest BCUT2D eigenvalue weighted by molar-refractivity contribution is -0.131. The molecule has 0 amide bonds. The van der Waals surface area contributed by atoms with Crippen molar-refractivity contribution in [2.45, 2.75) is 175 Å². The van der Waals surface area contributed by atoms with Crippen molar-refractivity contribution >= 4 is 28.6 Å². The Morgan fingerprint density at radius 3 is 2.14 bits per heavy atom. The molecule has 0 aliphatic heterocycles. The van der Waals surface area contributed by atoms with Crippen LogP contribution in [0.2, 0.25) is 36.3 Å². The number of ketones is 1. The second-order valence-corrected chi connectivity index (χ2v) is 28.8. The van der Waals surface area contributed by atoms with E-state index >= 15 is 0 Å². The van der Waals surface area contributed by atoms with Crippen molar-refractivity contribution in [3.8, 4) is 0 Å². The van der Waals surface area contributed by atoms with Gasteiger partial charge in [-0.3, -0.25) is 4.79 Å². The third kappa shape index (κ3) is 9.81. The Balaban J connectivity index is 1.86. The van der Waals surface area contributed by atoms with E-state index in [9.17, 15) is 9.59 Å². The minimum atomic E-state index is -2.03. The summed E-state index contributed by atoms with van der Waals surface area (Å²) in [5, 5.41) is 0.255. The zero-order chi connectivity index (χ0) is 38.1. The molecule has 8 heteroatoms. The van der Waals surface area contributed by atoms with Crippen molar-refractivity contribution in [2.75, 3.05) is 6.61 Å². The fourth-order valence-corrected chi connectivity index (χ4v) is 10.6. The second-order valence-electron chi connectivity index (χ2n) is 19.2. The SMILES string of the molecule is C=C1C(=CC=C2CCC[C@]3(C)[C@@H]([C@H](C)C=CC(=O)C(C)(C)OC(=O)OCC)CC[C@@H]23)C[C@@H](O[Si](C)(C)C(C)(C)C)C[C@@H]1O[Si](C)(C)C(C)(C)C. The molecular weight excluding hydrogens is 657 g/mol. The predicted octanol–water partition coefficient (Wildman–Crippen LogP) is 11.9. The largest absolute Gasteiger partial charge is 0.509 e. The highest BCUT2D eigenvalue weighted by atomic mass is 28.4. The highest BCUT2D eigenvalue weighted by Crippen LogP contribution is 2.59. The summed E-state index contributed by atoms with van der Waals surface area (Å²) in [4.78, 5) is 24.9. The van der Waals surface area contributed by atoms with Gasteiger partial charge in [-0.2, -0.15) is 0 Å². The van der Waals surface area contributed by atoms with Crippen LogP contribution in [0.4, 0.5) is 4.79 Å². The first-order valence-corrected chi connectivity index (χ1v) is 25.1. The van der Waals surface area contributed by atoms with Crippen molar-refractivity contribution in [2.24, 2.45) is 23.2 Å². The van der Waals surface area contributed by atoms with E-state index in [2.05, 4.69) is 100 Å². The van der Waals surface area contributed by atoms with E-state index in [-0.39, 0.29) is 46.0 Å². The van der Waals surface area contributed by atoms with Gasteiger partial charge in [-0.15, -0.1) is 0 Å². The van der Waals surface area contributed by atoms with Crippen LogP contribution in [0.5, 0.6) is 0 Å². The third-order valence-corrected chi connectivity index (χ3v) is 22.2. The molecule has 3 saturated carbocycles. The lowest BCUT2D eigenvalue weighted by Crippen LogP contribution is -2.49. The van der Waals surface area contributed by atoms with E-state index < -0.39 is 28.4 Å². The molecule has 284 valence electrons. The van der Waals surface area contributed by atoms with Crippen molar-refractivity contribution in [1.29, 1.82) is 0 Å². The number of ether oxygens (including phenoxy) is 2. The van der Waals surface area contributed by atoms with Crippen LogP contribution in [0.1, 0.15) is 121 Å². The zero-order valence-electron chi connectivity index (χ0n) is 34.5. The number of fused-ring (bicyclic) bond motifs is 1. The van der Waals surface area contributed by atoms with Gasteiger partial charge >= 0.3 is 6.16 Å². The molecule has 6 nitrogen and oxygen atoms in total. The van der Waals surface area contributed by atoms with E-state index in [4.69, 9.17) is 18.3 Å². The summed E-state index contributed by atoms with van der Waals surface area (Å²) in [7, 11) is -4.00. The van der Waals surface area contributed by atoms with Gasteiger partial charge in [0.2, 0.25) is 0 Å². The maximum Gasteiger partial charge on any atom is 0.509 e. The molecule has 0 bridgehead atoms. The molecule has 3 aliphatic rings. The molecule has 3 aliphatic carbocycles. The number of rotatable bonds is 11. The van der Waals surface area contributed by atoms with Crippen molar-refractivity contribution < 1.29 is 27.9 Å². The number of hydrogen-bond donors (Lipinski definition) is 0. The second kappa shape index (κ2) is 15.7. The van der Waals surface area contributed by atoms with E-state index in [1.54, 1.807) is 32.4 Å². The first-order chi connectivity index (χ1) is 22.8. The first-order valence-electron chi connectivity index (χ1n) is 19.3. The fraction of sp³-hybridized carbons (Fsp3) is 0.762. The molecule has 0 saturated heterocycles. The van der Waals surface area contributed by atoms with Crippen LogP contribution < -0.4 is 0 Å². The highest BCUT2D eigenvalue weighted by molar-refractivity contribution is 6.74. The lowest BCUT2D eigenvalue weighted by atomic mass is 9.61. The Kier molecular flexibility index (Phi) is 13.4. The van der Waals surface area contributed by atoms with Gasteiger partial charge in [0.05, 0.1) is 18.8 Å². The van der Waals surface area contributed by atoms with Crippen LogP contribution in [0.15, 0.2) is 47.6 Å². The Morgan fingerprint density at radius 1 is 0.960 bits per heavy atom. The summed E-state index contributed by atoms with van der Waals surface area (Å²) < 4.78 is 24.3. The molecule has 0 aromatic heterocycles. The standard InChI is InChI=1S/C42H72O6Si2/c1-17-45-38(44)46-41(10,11)37(43)25-20-29(2)34-23-24-35-31(19-18-26-42(34,35)12)21-22-32-27-33(47-49(13,14)39(4,5)6)28-36(30(32)3)48-50(15,16)40(7,8)9/h20-22,25,29,33-36H,3,17-19,23-24,26-28H2,1-2,4-16H3/t29-,33-,34-,35+,36+,42-/m1/s1. The highest BCUT2D eigenvalue weighted by Gasteiger charge is 2.50. The molecule has 3 rings (SSSR count). The van der Waals surface area contributed by atoms with Crippen LogP contribution in [0, 0.1) is 23.2 Å². The summed E-state index contributed by atoms with van der Waals surface area (Å²) in [6.07, 6.45) is 15.3. The van der Waals surface area contributed by atoms with Crippen molar-refractivity contribution in [1.82, 2.24) is 0 Å². The van der Waals surface area contributed by atoms with Gasteiger partial charge in [0, 0.05) is 6.42 Å². The molecule has 0 spiro atoms. The van der Waals surface area contributed by atoms with Crippen LogP contribution in [-0.2, 0) is 23.1 Å². The molecule has 0 aromatic rings. The normalized spacial score (nSPS) is 29.4. The van der Waals surface area contributed by atoms with E-state index in [1.165, 1.54) is 18.4 Å². The molecule has 0 N–H and O–H groups in total. The van der Waals surface area contributed by atoms with Gasteiger partial charge < -0.3 is 18.3 Å². The number of allylic oxidation sites excluding steroid dienone is 4. The minimum absolute atomic E-state index is 0.0282. The Labute approximate surface area is 308 Å². The molecule has 0 unspecified atom stereocenters. The van der Waals surface area contributed by atoms with Crippen LogP contribution >= 0.6 is 0 Å². The van der Waals surface area contributed by atoms with Gasteiger partial charge in [-0.25, -0.2) is 4.79 Å². The molecule has 50 heavy (non-hydrogen) atoms. The average Bonchev–Trinajstić information content (AvgIpc) is 3.32. The first kappa shape index (κ1) is 42.7. The maximum absolute atomic E-state index is 13.0. The monoisotopic (exact) mass is 728 g/mol. The van der Waals surface area contributed by atoms with Crippen molar-refractivity contribution in [3.05, 3.63) is 47.6 Å². The fourth-order valence-electron chi connectivity index (χ4n) is 7.89. The summed E-state index contributed by atoms with van der Waals surface area (Å²) in [5.41, 5.74) is 2.85. The quantitative estimate of drug-likeness (QED) is 0.120. The lowest BCUT2D eigenvalue weighted by Gasteiger charge is -2.45. The number of hydrogen-bond acceptors (Lipinski definition) is 6. The van der Waals surface area contributed by atoms with Gasteiger partial charge in [-0.05, 0) is 136 Å². The van der Waals surface area contributed by atoms with E-state index in [0.29, 0.717) is 11.8 Å². The third-order valence-electron chi connectivity index (χ3n) is 13.2. The average molecular weight is 729 g/mol. The topological polar surface area (TPSA) is 71.1 Å². The minimum Gasteiger partial charge on any atom is -0.435 e. The van der Waals surface area contributed by atoms with E-state index in [0.717, 1.165) is 37.7 Å². The summed E-state index contributed by atoms with van der Waals surface area (Å²) in [6, 6.07) is 0. The van der Waals surface area contributed by atoms with Gasteiger partial charge in [0.15, 0.2) is 28.0 Å². The Hall–Kier alpha value is -1.75. The molecule has 3 fully saturated rings. The van der Waals surface area contributed by atoms with Crippen LogP contribution in [0.25, 0.3) is 0 Å². The van der Waals surface area contributed by atoms with Crippen LogP contribution in [0.3, 0.4) is 0 Å². The Morgan fingerprint density at radius 2 is 1.56 bits per heavy atom. The summed E-state index contributed by atoms with van der Waals surface area (Å²) >= 11 is 0. The maximum atomic E-state index is 13.0. The summed E-state index contributed by atoms with van der Waals surface area (Å²) in [6.45, 7) is 37.8. The smallest absolute Gasteiger partial charge is 0.435 e. The van der Waals surface area contributed by atoms with Gasteiger partial charge in [-0.1, -0.05) is 85.8 Å². The van der Waals surface area contributed by atoms with E-state index in [1.807, 2.05) is 6.08 Å². The Bertz CT molecular complexity index is 1340. The number of carbonyl (C=O) groups excluding carboxylic acids is 2. The summed E-state index contributed by atoms with van der Waals surface area (Å²) in [5.74, 6) is 0.983. The zero-order valence-corrected chi connectivity index (χ0v) is 36.5.